The van der Waals surface area contributed by atoms with Crippen LogP contribution in [0.3, 0.4) is 0 Å². The molecule has 0 amide bonds. The van der Waals surface area contributed by atoms with Crippen molar-refractivity contribution < 1.29 is 9.90 Å². The molecule has 2 aliphatic carbocycles. The highest BCUT2D eigenvalue weighted by Crippen LogP contribution is 2.50. The highest BCUT2D eigenvalue weighted by Gasteiger charge is 2.43. The molecule has 1 fully saturated rings. The van der Waals surface area contributed by atoms with Gasteiger partial charge in [0.15, 0.2) is 5.78 Å². The van der Waals surface area contributed by atoms with Crippen LogP contribution in [0.4, 0.5) is 5.69 Å². The molecule has 1 heterocycles. The number of piperazine rings is 1. The van der Waals surface area contributed by atoms with Crippen molar-refractivity contribution in [3.05, 3.63) is 69.8 Å². The van der Waals surface area contributed by atoms with Crippen LogP contribution in [0.15, 0.2) is 42.0 Å². The summed E-state index contributed by atoms with van der Waals surface area (Å²) in [5.74, 6) is 0.104. The van der Waals surface area contributed by atoms with Crippen molar-refractivity contribution in [2.24, 2.45) is 0 Å². The molecule has 1 aliphatic heterocycles. The van der Waals surface area contributed by atoms with Gasteiger partial charge in [-0.3, -0.25) is 9.69 Å². The third kappa shape index (κ3) is 3.10. The van der Waals surface area contributed by atoms with Crippen LogP contribution in [0.1, 0.15) is 46.5 Å². The normalized spacial score (nSPS) is 19.7. The monoisotopic (exact) mass is 413 g/mol. The van der Waals surface area contributed by atoms with Crippen LogP contribution in [0.2, 0.25) is 0 Å². The maximum absolute atomic E-state index is 13.5. The summed E-state index contributed by atoms with van der Waals surface area (Å²) in [7, 11) is 0. The topological polar surface area (TPSA) is 67.6 Å². The predicted octanol–water partition coefficient (Wildman–Crippen LogP) is 3.16. The number of β-amino-alcohol motifs (C(OH)–C–C–N with tert-alkyl or cyclic N) is 1. The van der Waals surface area contributed by atoms with Gasteiger partial charge in [-0.05, 0) is 59.0 Å². The number of Topliss-reactive ketones (excluding diaryl/α,β-unsaturated/α-hetero) is 1. The van der Waals surface area contributed by atoms with Crippen molar-refractivity contribution >= 4 is 17.0 Å². The van der Waals surface area contributed by atoms with Crippen molar-refractivity contribution in [1.82, 2.24) is 4.90 Å². The Kier molecular flexibility index (Phi) is 4.73. The number of benzene rings is 2. The van der Waals surface area contributed by atoms with Gasteiger partial charge in [-0.15, -0.1) is 0 Å². The lowest BCUT2D eigenvalue weighted by Gasteiger charge is -2.38. The van der Waals surface area contributed by atoms with E-state index in [-0.39, 0.29) is 17.8 Å². The van der Waals surface area contributed by atoms with E-state index in [1.807, 2.05) is 24.3 Å². The SMILES string of the molecule is CC1(C)C2=C(C(=O)c3ccc(N4CCN(CCO)CC4)cc31)c1ccc(C#N)cc1C2. The van der Waals surface area contributed by atoms with E-state index in [9.17, 15) is 15.2 Å². The molecule has 0 atom stereocenters. The number of allylic oxidation sites excluding steroid dienone is 2. The summed E-state index contributed by atoms with van der Waals surface area (Å²) in [6.45, 7) is 9.07. The number of carbonyl (C=O) groups is 1. The van der Waals surface area contributed by atoms with Crippen molar-refractivity contribution in [1.29, 1.82) is 5.26 Å². The second-order valence-corrected chi connectivity index (χ2v) is 9.25. The van der Waals surface area contributed by atoms with Crippen LogP contribution >= 0.6 is 0 Å². The second-order valence-electron chi connectivity index (χ2n) is 9.25. The fourth-order valence-electron chi connectivity index (χ4n) is 5.40. The van der Waals surface area contributed by atoms with Gasteiger partial charge < -0.3 is 10.0 Å². The summed E-state index contributed by atoms with van der Waals surface area (Å²) >= 11 is 0. The molecule has 0 unspecified atom stereocenters. The number of rotatable bonds is 3. The molecule has 0 aromatic heterocycles. The van der Waals surface area contributed by atoms with Gasteiger partial charge in [-0.2, -0.15) is 5.26 Å². The predicted molar refractivity (Wildman–Crippen MR) is 121 cm³/mol. The summed E-state index contributed by atoms with van der Waals surface area (Å²) < 4.78 is 0. The number of aliphatic hydroxyl groups is 1. The third-order valence-electron chi connectivity index (χ3n) is 7.23. The molecule has 1 N–H and O–H groups in total. The zero-order chi connectivity index (χ0) is 21.8. The lowest BCUT2D eigenvalue weighted by Crippen LogP contribution is -2.47. The Morgan fingerprint density at radius 3 is 2.52 bits per heavy atom. The fourth-order valence-corrected chi connectivity index (χ4v) is 5.40. The van der Waals surface area contributed by atoms with Gasteiger partial charge in [0.05, 0.1) is 18.2 Å². The van der Waals surface area contributed by atoms with Gasteiger partial charge in [0.1, 0.15) is 0 Å². The Morgan fingerprint density at radius 2 is 1.81 bits per heavy atom. The molecule has 2 aromatic rings. The highest BCUT2D eigenvalue weighted by atomic mass is 16.3. The first kappa shape index (κ1) is 20.0. The number of ketones is 1. The number of hydrogen-bond acceptors (Lipinski definition) is 5. The van der Waals surface area contributed by atoms with Crippen LogP contribution in [0.25, 0.3) is 5.57 Å². The molecule has 0 bridgehead atoms. The largest absolute Gasteiger partial charge is 0.395 e. The first-order valence-electron chi connectivity index (χ1n) is 11.0. The van der Waals surface area contributed by atoms with E-state index in [1.165, 1.54) is 5.57 Å². The number of fused-ring (bicyclic) bond motifs is 3. The minimum Gasteiger partial charge on any atom is -0.395 e. The van der Waals surface area contributed by atoms with E-state index in [2.05, 4.69) is 41.8 Å². The molecular weight excluding hydrogens is 386 g/mol. The summed E-state index contributed by atoms with van der Waals surface area (Å²) in [4.78, 5) is 18.2. The van der Waals surface area contributed by atoms with Crippen molar-refractivity contribution in [2.45, 2.75) is 25.7 Å². The number of carbonyl (C=O) groups excluding carboxylic acids is 1. The van der Waals surface area contributed by atoms with Gasteiger partial charge in [0.25, 0.3) is 0 Å². The van der Waals surface area contributed by atoms with E-state index >= 15 is 0 Å². The molecule has 3 aliphatic rings. The fraction of sp³-hybridized carbons (Fsp3) is 0.385. The molecule has 2 aromatic carbocycles. The number of nitrogens with zero attached hydrogens (tertiary/aromatic N) is 3. The van der Waals surface area contributed by atoms with Gasteiger partial charge in [-0.1, -0.05) is 19.9 Å². The molecule has 0 saturated carbocycles. The lowest BCUT2D eigenvalue weighted by molar-refractivity contribution is 0.105. The molecule has 1 saturated heterocycles. The first-order valence-corrected chi connectivity index (χ1v) is 11.0. The molecule has 5 nitrogen and oxygen atoms in total. The van der Waals surface area contributed by atoms with E-state index in [1.54, 1.807) is 0 Å². The third-order valence-corrected chi connectivity index (χ3v) is 7.23. The average molecular weight is 414 g/mol. The molecule has 0 radical (unpaired) electrons. The Morgan fingerprint density at radius 1 is 1.06 bits per heavy atom. The number of hydrogen-bond donors (Lipinski definition) is 1. The van der Waals surface area contributed by atoms with Gasteiger partial charge in [0, 0.05) is 55.0 Å². The quantitative estimate of drug-likeness (QED) is 0.837. The van der Waals surface area contributed by atoms with Crippen molar-refractivity contribution in [2.75, 3.05) is 44.2 Å². The lowest BCUT2D eigenvalue weighted by atomic mass is 9.68. The van der Waals surface area contributed by atoms with E-state index in [0.717, 1.165) is 72.7 Å². The Balaban J connectivity index is 1.50. The standard InChI is InChI=1S/C26H27N3O2/c1-26(2)22-15-19(29-9-7-28(8-10-29)11-12-30)4-6-21(22)25(31)24-20-5-3-17(16-27)13-18(20)14-23(24)26/h3-6,13,15,30H,7-12,14H2,1-2H3. The van der Waals surface area contributed by atoms with Crippen LogP contribution in [-0.2, 0) is 11.8 Å². The Bertz CT molecular complexity index is 1150. The molecule has 158 valence electrons. The molecule has 31 heavy (non-hydrogen) atoms. The highest BCUT2D eigenvalue weighted by molar-refractivity contribution is 6.33. The minimum absolute atomic E-state index is 0.104. The zero-order valence-corrected chi connectivity index (χ0v) is 18.1. The smallest absolute Gasteiger partial charge is 0.193 e. The molecule has 5 heteroatoms. The first-order chi connectivity index (χ1) is 14.9. The van der Waals surface area contributed by atoms with Crippen molar-refractivity contribution in [3.63, 3.8) is 0 Å². The number of anilines is 1. The van der Waals surface area contributed by atoms with Crippen LogP contribution in [0, 0.1) is 11.3 Å². The zero-order valence-electron chi connectivity index (χ0n) is 18.1. The maximum atomic E-state index is 13.5. The number of aliphatic hydroxyl groups excluding tert-OH is 1. The molecule has 5 rings (SSSR count). The maximum Gasteiger partial charge on any atom is 0.193 e. The average Bonchev–Trinajstić information content (AvgIpc) is 3.18. The Hall–Kier alpha value is -2.94. The summed E-state index contributed by atoms with van der Waals surface area (Å²) in [6.07, 6.45) is 0.725. The van der Waals surface area contributed by atoms with E-state index in [0.29, 0.717) is 5.56 Å². The van der Waals surface area contributed by atoms with Crippen molar-refractivity contribution in [3.8, 4) is 6.07 Å². The summed E-state index contributed by atoms with van der Waals surface area (Å²) in [6, 6.07) is 14.2. The molecular formula is C26H27N3O2. The second kappa shape index (κ2) is 7.33. The Labute approximate surface area is 183 Å². The van der Waals surface area contributed by atoms with Crippen LogP contribution < -0.4 is 4.90 Å². The van der Waals surface area contributed by atoms with Crippen LogP contribution in [0.5, 0.6) is 0 Å². The van der Waals surface area contributed by atoms with Gasteiger partial charge >= 0.3 is 0 Å². The van der Waals surface area contributed by atoms with Gasteiger partial charge in [0.2, 0.25) is 0 Å². The number of nitriles is 1. The summed E-state index contributed by atoms with van der Waals surface area (Å²) in [5, 5.41) is 18.5. The molecule has 0 spiro atoms. The van der Waals surface area contributed by atoms with E-state index in [4.69, 9.17) is 0 Å². The van der Waals surface area contributed by atoms with Crippen LogP contribution in [-0.4, -0.2) is 55.1 Å². The van der Waals surface area contributed by atoms with E-state index < -0.39 is 0 Å². The minimum atomic E-state index is -0.251. The van der Waals surface area contributed by atoms with Gasteiger partial charge in [-0.25, -0.2) is 0 Å². The summed E-state index contributed by atoms with van der Waals surface area (Å²) in [5.41, 5.74) is 7.52.